The fourth-order valence-electron chi connectivity index (χ4n) is 1.65. The number of halogens is 4. The summed E-state index contributed by atoms with van der Waals surface area (Å²) in [6.45, 7) is -0.514. The van der Waals surface area contributed by atoms with Gasteiger partial charge in [-0.2, -0.15) is 18.3 Å². The number of nitrogens with zero attached hydrogens (tertiary/aromatic N) is 2. The summed E-state index contributed by atoms with van der Waals surface area (Å²) >= 11 is 3.19. The largest absolute Gasteiger partial charge is 0.393 e. The van der Waals surface area contributed by atoms with E-state index >= 15 is 0 Å². The van der Waals surface area contributed by atoms with E-state index in [2.05, 4.69) is 21.0 Å². The van der Waals surface area contributed by atoms with Crippen LogP contribution in [-0.4, -0.2) is 20.9 Å². The van der Waals surface area contributed by atoms with Gasteiger partial charge in [-0.25, -0.2) is 4.52 Å². The Morgan fingerprint density at radius 3 is 2.65 bits per heavy atom. The summed E-state index contributed by atoms with van der Waals surface area (Å²) in [5, 5.41) is 13.0. The molecule has 0 atom stereocenters. The van der Waals surface area contributed by atoms with E-state index in [1.807, 2.05) is 0 Å². The van der Waals surface area contributed by atoms with Crippen LogP contribution in [-0.2, 0) is 13.0 Å². The third kappa shape index (κ3) is 2.44. The molecule has 0 bridgehead atoms. The average molecular weight is 309 g/mol. The lowest BCUT2D eigenvalue weighted by Gasteiger charge is -2.06. The first kappa shape index (κ1) is 12.4. The normalized spacial score (nSPS) is 12.3. The van der Waals surface area contributed by atoms with Crippen LogP contribution in [0.15, 0.2) is 22.8 Å². The Bertz CT molecular complexity index is 550. The highest BCUT2D eigenvalue weighted by Gasteiger charge is 2.31. The molecule has 0 saturated carbocycles. The molecule has 0 amide bonds. The number of aromatic nitrogens is 2. The first-order chi connectivity index (χ1) is 7.92. The van der Waals surface area contributed by atoms with Crippen LogP contribution in [0.3, 0.4) is 0 Å². The van der Waals surface area contributed by atoms with Crippen molar-refractivity contribution in [3.63, 3.8) is 0 Å². The Labute approximate surface area is 103 Å². The number of alkyl halides is 3. The summed E-state index contributed by atoms with van der Waals surface area (Å²) in [5.41, 5.74) is 0.413. The summed E-state index contributed by atoms with van der Waals surface area (Å²) < 4.78 is 39.2. The molecule has 0 aliphatic heterocycles. The first-order valence-electron chi connectivity index (χ1n) is 4.75. The van der Waals surface area contributed by atoms with Gasteiger partial charge in [0.25, 0.3) is 0 Å². The quantitative estimate of drug-likeness (QED) is 0.866. The summed E-state index contributed by atoms with van der Waals surface area (Å²) in [7, 11) is 0. The van der Waals surface area contributed by atoms with Crippen LogP contribution in [0.4, 0.5) is 13.2 Å². The highest BCUT2D eigenvalue weighted by Crippen LogP contribution is 2.28. The number of aliphatic hydroxyl groups excluding tert-OH is 1. The minimum absolute atomic E-state index is 0.0151. The molecule has 0 radical (unpaired) electrons. The molecular weight excluding hydrogens is 301 g/mol. The van der Waals surface area contributed by atoms with Gasteiger partial charge in [0.1, 0.15) is 4.60 Å². The molecule has 2 aromatic heterocycles. The maximum atomic E-state index is 12.4. The highest BCUT2D eigenvalue weighted by atomic mass is 79.9. The van der Waals surface area contributed by atoms with Gasteiger partial charge in [0.2, 0.25) is 0 Å². The monoisotopic (exact) mass is 308 g/mol. The van der Waals surface area contributed by atoms with E-state index in [0.29, 0.717) is 10.1 Å². The minimum Gasteiger partial charge on any atom is -0.390 e. The van der Waals surface area contributed by atoms with Crippen LogP contribution in [0, 0.1) is 0 Å². The van der Waals surface area contributed by atoms with E-state index < -0.39 is 19.2 Å². The predicted octanol–water partition coefficient (Wildman–Crippen LogP) is 2.69. The summed E-state index contributed by atoms with van der Waals surface area (Å²) in [5.74, 6) is 0. The van der Waals surface area contributed by atoms with Crippen LogP contribution in [0.5, 0.6) is 0 Å². The zero-order valence-electron chi connectivity index (χ0n) is 8.50. The first-order valence-corrected chi connectivity index (χ1v) is 5.54. The van der Waals surface area contributed by atoms with Crippen LogP contribution < -0.4 is 0 Å². The van der Waals surface area contributed by atoms with Gasteiger partial charge in [-0.15, -0.1) is 0 Å². The van der Waals surface area contributed by atoms with Crippen molar-refractivity contribution >= 4 is 21.4 Å². The van der Waals surface area contributed by atoms with Crippen LogP contribution >= 0.6 is 15.9 Å². The Hall–Kier alpha value is -1.08. The molecule has 2 rings (SSSR count). The van der Waals surface area contributed by atoms with Crippen molar-refractivity contribution in [3.8, 4) is 0 Å². The lowest BCUT2D eigenvalue weighted by atomic mass is 10.1. The van der Waals surface area contributed by atoms with Crippen molar-refractivity contribution < 1.29 is 18.3 Å². The SMILES string of the molecule is OCc1nn2c(Br)cccc2c1CC(F)(F)F. The van der Waals surface area contributed by atoms with E-state index in [0.717, 1.165) is 0 Å². The van der Waals surface area contributed by atoms with E-state index in [1.54, 1.807) is 12.1 Å². The second-order valence-electron chi connectivity index (χ2n) is 3.52. The van der Waals surface area contributed by atoms with Crippen molar-refractivity contribution in [1.29, 1.82) is 0 Å². The molecule has 0 saturated heterocycles. The molecule has 7 heteroatoms. The van der Waals surface area contributed by atoms with Crippen LogP contribution in [0.1, 0.15) is 11.3 Å². The number of hydrogen-bond acceptors (Lipinski definition) is 2. The van der Waals surface area contributed by atoms with Gasteiger partial charge in [0.05, 0.1) is 24.2 Å². The average Bonchev–Trinajstić information content (AvgIpc) is 2.56. The smallest absolute Gasteiger partial charge is 0.390 e. The molecule has 0 spiro atoms. The second kappa shape index (κ2) is 4.30. The fourth-order valence-corrected chi connectivity index (χ4v) is 2.08. The molecule has 1 N–H and O–H groups in total. The van der Waals surface area contributed by atoms with Gasteiger partial charge in [0, 0.05) is 5.56 Å². The Morgan fingerprint density at radius 2 is 2.06 bits per heavy atom. The molecule has 2 aromatic rings. The van der Waals surface area contributed by atoms with Gasteiger partial charge in [-0.1, -0.05) is 6.07 Å². The Kier molecular flexibility index (Phi) is 3.13. The topological polar surface area (TPSA) is 37.5 Å². The van der Waals surface area contributed by atoms with Crippen molar-refractivity contribution in [2.75, 3.05) is 0 Å². The maximum absolute atomic E-state index is 12.4. The minimum atomic E-state index is -4.32. The number of fused-ring (bicyclic) bond motifs is 1. The molecule has 17 heavy (non-hydrogen) atoms. The highest BCUT2D eigenvalue weighted by molar-refractivity contribution is 9.10. The van der Waals surface area contributed by atoms with E-state index in [1.165, 1.54) is 10.6 Å². The Morgan fingerprint density at radius 1 is 1.35 bits per heavy atom. The maximum Gasteiger partial charge on any atom is 0.393 e. The van der Waals surface area contributed by atoms with Gasteiger partial charge in [-0.05, 0) is 28.1 Å². The number of rotatable bonds is 2. The molecule has 0 aromatic carbocycles. The predicted molar refractivity (Wildman–Crippen MR) is 58.6 cm³/mol. The molecular formula is C10H8BrF3N2O. The van der Waals surface area contributed by atoms with Gasteiger partial charge < -0.3 is 5.11 Å². The van der Waals surface area contributed by atoms with Crippen LogP contribution in [0.25, 0.3) is 5.52 Å². The molecule has 0 unspecified atom stereocenters. The standard InChI is InChI=1S/C10H8BrF3N2O/c11-9-3-1-2-8-6(4-10(12,13)14)7(5-17)15-16(8)9/h1-3,17H,4-5H2. The number of hydrogen-bond donors (Lipinski definition) is 1. The molecule has 0 fully saturated rings. The number of aliphatic hydroxyl groups is 1. The van der Waals surface area contributed by atoms with Gasteiger partial charge in [0.15, 0.2) is 0 Å². The van der Waals surface area contributed by atoms with Crippen molar-refractivity contribution in [2.45, 2.75) is 19.2 Å². The van der Waals surface area contributed by atoms with Crippen molar-refractivity contribution in [2.24, 2.45) is 0 Å². The molecule has 2 heterocycles. The molecule has 3 nitrogen and oxygen atoms in total. The van der Waals surface area contributed by atoms with Gasteiger partial charge >= 0.3 is 6.18 Å². The third-order valence-electron chi connectivity index (χ3n) is 2.32. The summed E-state index contributed by atoms with van der Waals surface area (Å²) in [6.07, 6.45) is -5.42. The number of pyridine rings is 1. The molecule has 0 aliphatic rings. The second-order valence-corrected chi connectivity index (χ2v) is 4.33. The third-order valence-corrected chi connectivity index (χ3v) is 2.92. The van der Waals surface area contributed by atoms with Crippen LogP contribution in [0.2, 0.25) is 0 Å². The molecule has 0 aliphatic carbocycles. The fraction of sp³-hybridized carbons (Fsp3) is 0.300. The lowest BCUT2D eigenvalue weighted by Crippen LogP contribution is -2.12. The molecule has 92 valence electrons. The van der Waals surface area contributed by atoms with Crippen molar-refractivity contribution in [3.05, 3.63) is 34.1 Å². The Balaban J connectivity index is 2.63. The van der Waals surface area contributed by atoms with Gasteiger partial charge in [-0.3, -0.25) is 0 Å². The zero-order valence-corrected chi connectivity index (χ0v) is 10.1. The zero-order chi connectivity index (χ0) is 12.6. The lowest BCUT2D eigenvalue weighted by molar-refractivity contribution is -0.127. The summed E-state index contributed by atoms with van der Waals surface area (Å²) in [6, 6.07) is 4.83. The van der Waals surface area contributed by atoms with E-state index in [9.17, 15) is 13.2 Å². The van der Waals surface area contributed by atoms with E-state index in [4.69, 9.17) is 5.11 Å². The van der Waals surface area contributed by atoms with Crippen molar-refractivity contribution in [1.82, 2.24) is 9.61 Å². The summed E-state index contributed by atoms with van der Waals surface area (Å²) in [4.78, 5) is 0. The van der Waals surface area contributed by atoms with E-state index in [-0.39, 0.29) is 11.3 Å².